The molecule has 2 aromatic rings. The quantitative estimate of drug-likeness (QED) is 0.767. The van der Waals surface area contributed by atoms with Crippen molar-refractivity contribution in [3.63, 3.8) is 0 Å². The summed E-state index contributed by atoms with van der Waals surface area (Å²) in [5.41, 5.74) is 1.77. The minimum Gasteiger partial charge on any atom is -0.355 e. The molecule has 0 radical (unpaired) electrons. The van der Waals surface area contributed by atoms with E-state index in [4.69, 9.17) is 0 Å². The average Bonchev–Trinajstić information content (AvgIpc) is 2.61. The summed E-state index contributed by atoms with van der Waals surface area (Å²) < 4.78 is 37.8. The Labute approximate surface area is 153 Å². The third-order valence-electron chi connectivity index (χ3n) is 4.10. The molecular formula is C19H23FN2O3S. The van der Waals surface area contributed by atoms with Gasteiger partial charge in [-0.15, -0.1) is 0 Å². The second kappa shape index (κ2) is 8.91. The number of carbonyl (C=O) groups excluding carboxylic acids is 1. The van der Waals surface area contributed by atoms with Crippen molar-refractivity contribution in [2.75, 3.05) is 26.4 Å². The Hall–Kier alpha value is -2.25. The van der Waals surface area contributed by atoms with E-state index in [1.54, 1.807) is 12.1 Å². The van der Waals surface area contributed by atoms with Gasteiger partial charge < -0.3 is 5.32 Å². The number of carbonyl (C=O) groups is 1. The number of hydrogen-bond donors (Lipinski definition) is 1. The highest BCUT2D eigenvalue weighted by molar-refractivity contribution is 7.89. The highest BCUT2D eigenvalue weighted by Crippen LogP contribution is 2.28. The fourth-order valence-electron chi connectivity index (χ4n) is 2.57. The molecule has 0 heterocycles. The van der Waals surface area contributed by atoms with Gasteiger partial charge in [-0.05, 0) is 23.3 Å². The van der Waals surface area contributed by atoms with Crippen LogP contribution >= 0.6 is 0 Å². The Morgan fingerprint density at radius 1 is 1.04 bits per heavy atom. The molecule has 0 bridgehead atoms. The van der Waals surface area contributed by atoms with Gasteiger partial charge in [-0.2, -0.15) is 0 Å². The Morgan fingerprint density at radius 3 is 2.19 bits per heavy atom. The van der Waals surface area contributed by atoms with Crippen LogP contribution in [0.3, 0.4) is 0 Å². The van der Waals surface area contributed by atoms with Crippen molar-refractivity contribution in [1.82, 2.24) is 9.62 Å². The summed E-state index contributed by atoms with van der Waals surface area (Å²) in [4.78, 5) is 12.3. The number of rotatable bonds is 8. The van der Waals surface area contributed by atoms with Crippen LogP contribution in [0.5, 0.6) is 0 Å². The minimum atomic E-state index is -3.35. The van der Waals surface area contributed by atoms with Gasteiger partial charge in [0, 0.05) is 33.0 Å². The van der Waals surface area contributed by atoms with Crippen LogP contribution in [-0.4, -0.2) is 45.0 Å². The first-order valence-electron chi connectivity index (χ1n) is 8.27. The van der Waals surface area contributed by atoms with Crippen LogP contribution in [0.2, 0.25) is 0 Å². The SMILES string of the molecule is CN(C)S(=O)(=O)CCNC(=O)CC(c1ccccc1)c1ccc(F)cc1. The minimum absolute atomic E-state index is 0.0459. The lowest BCUT2D eigenvalue weighted by Gasteiger charge is -2.18. The van der Waals surface area contributed by atoms with E-state index in [9.17, 15) is 17.6 Å². The summed E-state index contributed by atoms with van der Waals surface area (Å²) in [7, 11) is -0.444. The molecule has 1 atom stereocenters. The summed E-state index contributed by atoms with van der Waals surface area (Å²) in [5.74, 6) is -0.975. The smallest absolute Gasteiger partial charge is 0.220 e. The molecule has 0 aliphatic rings. The van der Waals surface area contributed by atoms with Crippen molar-refractivity contribution in [2.24, 2.45) is 0 Å². The van der Waals surface area contributed by atoms with Crippen molar-refractivity contribution in [1.29, 1.82) is 0 Å². The van der Waals surface area contributed by atoms with Crippen molar-refractivity contribution in [2.45, 2.75) is 12.3 Å². The molecule has 140 valence electrons. The zero-order chi connectivity index (χ0) is 19.2. The third-order valence-corrected chi connectivity index (χ3v) is 5.94. The topological polar surface area (TPSA) is 66.5 Å². The largest absolute Gasteiger partial charge is 0.355 e. The van der Waals surface area contributed by atoms with Crippen LogP contribution in [0.15, 0.2) is 54.6 Å². The van der Waals surface area contributed by atoms with E-state index in [-0.39, 0.29) is 36.4 Å². The standard InChI is InChI=1S/C19H23FN2O3S/c1-22(2)26(24,25)13-12-21-19(23)14-18(15-6-4-3-5-7-15)16-8-10-17(20)11-9-16/h3-11,18H,12-14H2,1-2H3,(H,21,23). The lowest BCUT2D eigenvalue weighted by atomic mass is 9.88. The molecule has 0 saturated carbocycles. The van der Waals surface area contributed by atoms with E-state index >= 15 is 0 Å². The number of benzene rings is 2. The van der Waals surface area contributed by atoms with Crippen LogP contribution < -0.4 is 5.32 Å². The Bertz CT molecular complexity index is 822. The number of nitrogens with zero attached hydrogens (tertiary/aromatic N) is 1. The van der Waals surface area contributed by atoms with E-state index in [2.05, 4.69) is 5.32 Å². The Balaban J connectivity index is 2.07. The van der Waals surface area contributed by atoms with Gasteiger partial charge in [0.2, 0.25) is 15.9 Å². The zero-order valence-corrected chi connectivity index (χ0v) is 15.7. The molecule has 2 aromatic carbocycles. The Kier molecular flexibility index (Phi) is 6.88. The maximum Gasteiger partial charge on any atom is 0.220 e. The van der Waals surface area contributed by atoms with Crippen LogP contribution in [0.25, 0.3) is 0 Å². The molecule has 5 nitrogen and oxygen atoms in total. The summed E-state index contributed by atoms with van der Waals surface area (Å²) in [6.45, 7) is 0.0459. The van der Waals surface area contributed by atoms with Crippen molar-refractivity contribution in [3.8, 4) is 0 Å². The first-order chi connectivity index (χ1) is 12.3. The van der Waals surface area contributed by atoms with Gasteiger partial charge in [-0.3, -0.25) is 4.79 Å². The van der Waals surface area contributed by atoms with Crippen LogP contribution in [-0.2, 0) is 14.8 Å². The van der Waals surface area contributed by atoms with Crippen molar-refractivity contribution < 1.29 is 17.6 Å². The predicted molar refractivity (Wildman–Crippen MR) is 99.8 cm³/mol. The summed E-state index contributed by atoms with van der Waals surface area (Å²) in [6, 6.07) is 15.5. The van der Waals surface area contributed by atoms with Crippen LogP contribution in [0.1, 0.15) is 23.5 Å². The average molecular weight is 378 g/mol. The van der Waals surface area contributed by atoms with Gasteiger partial charge in [-0.25, -0.2) is 17.1 Å². The maximum atomic E-state index is 13.2. The molecular weight excluding hydrogens is 355 g/mol. The lowest BCUT2D eigenvalue weighted by molar-refractivity contribution is -0.121. The summed E-state index contributed by atoms with van der Waals surface area (Å²) >= 11 is 0. The molecule has 26 heavy (non-hydrogen) atoms. The summed E-state index contributed by atoms with van der Waals surface area (Å²) in [5, 5.41) is 2.66. The molecule has 0 fully saturated rings. The van der Waals surface area contributed by atoms with Crippen molar-refractivity contribution in [3.05, 3.63) is 71.5 Å². The second-order valence-electron chi connectivity index (χ2n) is 6.17. The maximum absolute atomic E-state index is 13.2. The van der Waals surface area contributed by atoms with E-state index in [0.717, 1.165) is 15.4 Å². The molecule has 0 aliphatic heterocycles. The number of hydrogen-bond acceptors (Lipinski definition) is 3. The summed E-state index contributed by atoms with van der Waals surface area (Å²) in [6.07, 6.45) is 0.150. The van der Waals surface area contributed by atoms with E-state index in [1.165, 1.54) is 26.2 Å². The van der Waals surface area contributed by atoms with E-state index in [0.29, 0.717) is 0 Å². The number of nitrogens with one attached hydrogen (secondary N) is 1. The van der Waals surface area contributed by atoms with Crippen LogP contribution in [0.4, 0.5) is 4.39 Å². The fraction of sp³-hybridized carbons (Fsp3) is 0.316. The normalized spacial score (nSPS) is 12.8. The van der Waals surface area contributed by atoms with Gasteiger partial charge >= 0.3 is 0 Å². The number of amides is 1. The molecule has 1 N–H and O–H groups in total. The van der Waals surface area contributed by atoms with Crippen molar-refractivity contribution >= 4 is 15.9 Å². The van der Waals surface area contributed by atoms with Gasteiger partial charge in [0.1, 0.15) is 5.82 Å². The van der Waals surface area contributed by atoms with Gasteiger partial charge in [0.05, 0.1) is 5.75 Å². The first kappa shape index (κ1) is 20.1. The van der Waals surface area contributed by atoms with E-state index in [1.807, 2.05) is 30.3 Å². The monoisotopic (exact) mass is 378 g/mol. The predicted octanol–water partition coefficient (Wildman–Crippen LogP) is 2.36. The first-order valence-corrected chi connectivity index (χ1v) is 9.88. The molecule has 0 aliphatic carbocycles. The highest BCUT2D eigenvalue weighted by atomic mass is 32.2. The van der Waals surface area contributed by atoms with E-state index < -0.39 is 10.0 Å². The fourth-order valence-corrected chi connectivity index (χ4v) is 3.29. The molecule has 2 rings (SSSR count). The second-order valence-corrected chi connectivity index (χ2v) is 8.47. The molecule has 0 spiro atoms. The van der Waals surface area contributed by atoms with Gasteiger partial charge in [0.15, 0.2) is 0 Å². The molecule has 0 saturated heterocycles. The third kappa shape index (κ3) is 5.64. The molecule has 1 unspecified atom stereocenters. The molecule has 1 amide bonds. The number of sulfonamides is 1. The number of halogens is 1. The zero-order valence-electron chi connectivity index (χ0n) is 14.9. The lowest BCUT2D eigenvalue weighted by Crippen LogP contribution is -2.34. The highest BCUT2D eigenvalue weighted by Gasteiger charge is 2.19. The molecule has 0 aromatic heterocycles. The van der Waals surface area contributed by atoms with Gasteiger partial charge in [0.25, 0.3) is 0 Å². The van der Waals surface area contributed by atoms with Gasteiger partial charge in [-0.1, -0.05) is 42.5 Å². The molecule has 7 heteroatoms. The van der Waals surface area contributed by atoms with Crippen LogP contribution in [0, 0.1) is 5.82 Å². The Morgan fingerprint density at radius 2 is 1.62 bits per heavy atom.